The van der Waals surface area contributed by atoms with E-state index in [-0.39, 0.29) is 0 Å². The topological polar surface area (TPSA) is 46.6 Å². The van der Waals surface area contributed by atoms with Crippen LogP contribution in [-0.2, 0) is 0 Å². The van der Waals surface area contributed by atoms with Gasteiger partial charge in [0.05, 0.1) is 25.4 Å². The summed E-state index contributed by atoms with van der Waals surface area (Å²) in [5.41, 5.74) is 3.99. The smallest absolute Gasteiger partial charge is 0.119 e. The summed E-state index contributed by atoms with van der Waals surface area (Å²) in [7, 11) is 7.49. The van der Waals surface area contributed by atoms with Crippen molar-refractivity contribution in [3.8, 4) is 11.5 Å². The standard InChI is InChI=1S/C23H27N3O2/c1-26(2)14-13-24-23-15-18(8-5-17-6-9-19(27-3)10-7-17)25-22-12-11-20(28-4)16-21(22)23/h5-12,15-16H,13-14H2,1-4H3,(H,24,25)/b8-5+. The molecule has 0 amide bonds. The molecule has 1 heterocycles. The Morgan fingerprint density at radius 3 is 2.32 bits per heavy atom. The highest BCUT2D eigenvalue weighted by molar-refractivity contribution is 5.93. The third kappa shape index (κ3) is 5.02. The molecule has 28 heavy (non-hydrogen) atoms. The molecule has 0 aliphatic heterocycles. The molecule has 0 unspecified atom stereocenters. The average molecular weight is 377 g/mol. The van der Waals surface area contributed by atoms with Gasteiger partial charge < -0.3 is 19.7 Å². The van der Waals surface area contributed by atoms with Crippen molar-refractivity contribution in [2.24, 2.45) is 0 Å². The third-order valence-electron chi connectivity index (χ3n) is 4.47. The van der Waals surface area contributed by atoms with Crippen LogP contribution in [0.3, 0.4) is 0 Å². The van der Waals surface area contributed by atoms with Crippen LogP contribution in [0.4, 0.5) is 5.69 Å². The van der Waals surface area contributed by atoms with Gasteiger partial charge in [0.2, 0.25) is 0 Å². The first-order valence-corrected chi connectivity index (χ1v) is 9.28. The second-order valence-electron chi connectivity index (χ2n) is 6.81. The Hall–Kier alpha value is -3.05. The van der Waals surface area contributed by atoms with E-state index in [2.05, 4.69) is 36.5 Å². The molecule has 0 aliphatic rings. The molecule has 0 bridgehead atoms. The zero-order chi connectivity index (χ0) is 19.9. The first kappa shape index (κ1) is 19.7. The normalized spacial score (nSPS) is 11.3. The van der Waals surface area contributed by atoms with Crippen LogP contribution in [0.1, 0.15) is 11.3 Å². The van der Waals surface area contributed by atoms with E-state index in [0.717, 1.165) is 52.4 Å². The van der Waals surface area contributed by atoms with Gasteiger partial charge in [-0.05, 0) is 62.1 Å². The molecule has 5 nitrogen and oxygen atoms in total. The summed E-state index contributed by atoms with van der Waals surface area (Å²) in [5, 5.41) is 4.59. The summed E-state index contributed by atoms with van der Waals surface area (Å²) in [6.07, 6.45) is 4.09. The van der Waals surface area contributed by atoms with Crippen LogP contribution in [0.2, 0.25) is 0 Å². The number of aromatic nitrogens is 1. The molecule has 3 rings (SSSR count). The van der Waals surface area contributed by atoms with E-state index in [0.29, 0.717) is 0 Å². The molecule has 0 saturated carbocycles. The highest BCUT2D eigenvalue weighted by Crippen LogP contribution is 2.28. The summed E-state index contributed by atoms with van der Waals surface area (Å²) in [4.78, 5) is 6.94. The SMILES string of the molecule is COc1ccc(/C=C/c2cc(NCCN(C)C)c3cc(OC)ccc3n2)cc1. The molecule has 0 aliphatic carbocycles. The Morgan fingerprint density at radius 2 is 1.64 bits per heavy atom. The lowest BCUT2D eigenvalue weighted by Gasteiger charge is -2.14. The van der Waals surface area contributed by atoms with Gasteiger partial charge >= 0.3 is 0 Å². The Labute approximate surface area is 166 Å². The first-order chi connectivity index (χ1) is 13.6. The summed E-state index contributed by atoms with van der Waals surface area (Å²) in [6, 6.07) is 16.0. The quantitative estimate of drug-likeness (QED) is 0.631. The fraction of sp³-hybridized carbons (Fsp3) is 0.261. The van der Waals surface area contributed by atoms with Crippen molar-refractivity contribution >= 4 is 28.7 Å². The van der Waals surface area contributed by atoms with Gasteiger partial charge in [-0.3, -0.25) is 0 Å². The van der Waals surface area contributed by atoms with E-state index >= 15 is 0 Å². The van der Waals surface area contributed by atoms with Crippen molar-refractivity contribution in [2.75, 3.05) is 46.7 Å². The molecule has 1 N–H and O–H groups in total. The lowest BCUT2D eigenvalue weighted by molar-refractivity contribution is 0.415. The van der Waals surface area contributed by atoms with Crippen molar-refractivity contribution in [1.29, 1.82) is 0 Å². The van der Waals surface area contributed by atoms with Gasteiger partial charge in [-0.1, -0.05) is 18.2 Å². The minimum Gasteiger partial charge on any atom is -0.497 e. The van der Waals surface area contributed by atoms with E-state index in [1.54, 1.807) is 14.2 Å². The van der Waals surface area contributed by atoms with Crippen LogP contribution in [-0.4, -0.2) is 51.3 Å². The van der Waals surface area contributed by atoms with E-state index < -0.39 is 0 Å². The molecule has 0 atom stereocenters. The maximum Gasteiger partial charge on any atom is 0.119 e. The van der Waals surface area contributed by atoms with Gasteiger partial charge in [-0.25, -0.2) is 4.98 Å². The van der Waals surface area contributed by atoms with Gasteiger partial charge in [0.15, 0.2) is 0 Å². The molecule has 2 aromatic carbocycles. The van der Waals surface area contributed by atoms with Crippen LogP contribution in [0.5, 0.6) is 11.5 Å². The number of pyridine rings is 1. The third-order valence-corrected chi connectivity index (χ3v) is 4.47. The van der Waals surface area contributed by atoms with Crippen LogP contribution in [0.15, 0.2) is 48.5 Å². The van der Waals surface area contributed by atoms with Gasteiger partial charge in [0.1, 0.15) is 11.5 Å². The monoisotopic (exact) mass is 377 g/mol. The largest absolute Gasteiger partial charge is 0.497 e. The fourth-order valence-electron chi connectivity index (χ4n) is 2.89. The van der Waals surface area contributed by atoms with Crippen molar-refractivity contribution in [2.45, 2.75) is 0 Å². The second-order valence-corrected chi connectivity index (χ2v) is 6.81. The van der Waals surface area contributed by atoms with Crippen molar-refractivity contribution in [1.82, 2.24) is 9.88 Å². The Morgan fingerprint density at radius 1 is 0.929 bits per heavy atom. The number of hydrogen-bond donors (Lipinski definition) is 1. The van der Waals surface area contributed by atoms with Crippen LogP contribution >= 0.6 is 0 Å². The highest BCUT2D eigenvalue weighted by atomic mass is 16.5. The van der Waals surface area contributed by atoms with E-state index in [9.17, 15) is 0 Å². The fourth-order valence-corrected chi connectivity index (χ4v) is 2.89. The summed E-state index contributed by atoms with van der Waals surface area (Å²) in [5.74, 6) is 1.67. The first-order valence-electron chi connectivity index (χ1n) is 9.28. The van der Waals surface area contributed by atoms with Crippen LogP contribution in [0.25, 0.3) is 23.1 Å². The number of hydrogen-bond acceptors (Lipinski definition) is 5. The predicted octanol–water partition coefficient (Wildman–Crippen LogP) is 4.40. The number of nitrogens with one attached hydrogen (secondary N) is 1. The van der Waals surface area contributed by atoms with Crippen molar-refractivity contribution in [3.63, 3.8) is 0 Å². The Bertz CT molecular complexity index is 950. The molecule has 0 spiro atoms. The number of methoxy groups -OCH3 is 2. The maximum atomic E-state index is 5.39. The lowest BCUT2D eigenvalue weighted by atomic mass is 10.1. The molecule has 0 saturated heterocycles. The number of nitrogens with zero attached hydrogens (tertiary/aromatic N) is 2. The molecule has 5 heteroatoms. The molecule has 0 fully saturated rings. The minimum atomic E-state index is 0.825. The van der Waals surface area contributed by atoms with Crippen molar-refractivity contribution in [3.05, 3.63) is 59.8 Å². The molecular formula is C23H27N3O2. The number of rotatable bonds is 8. The zero-order valence-corrected chi connectivity index (χ0v) is 16.9. The zero-order valence-electron chi connectivity index (χ0n) is 16.9. The number of fused-ring (bicyclic) bond motifs is 1. The average Bonchev–Trinajstić information content (AvgIpc) is 2.72. The molecule has 1 aromatic heterocycles. The summed E-state index contributed by atoms with van der Waals surface area (Å²) >= 11 is 0. The number of likely N-dealkylation sites (N-methyl/N-ethyl adjacent to an activating group) is 1. The number of ether oxygens (including phenoxy) is 2. The van der Waals surface area contributed by atoms with Crippen molar-refractivity contribution < 1.29 is 9.47 Å². The molecule has 146 valence electrons. The Balaban J connectivity index is 1.91. The van der Waals surface area contributed by atoms with Gasteiger partial charge in [-0.15, -0.1) is 0 Å². The summed E-state index contributed by atoms with van der Waals surface area (Å²) < 4.78 is 10.6. The van der Waals surface area contributed by atoms with E-state index in [4.69, 9.17) is 14.5 Å². The maximum absolute atomic E-state index is 5.39. The van der Waals surface area contributed by atoms with Gasteiger partial charge in [0, 0.05) is 24.2 Å². The molecule has 0 radical (unpaired) electrons. The minimum absolute atomic E-state index is 0.825. The Kier molecular flexibility index (Phi) is 6.50. The number of anilines is 1. The van der Waals surface area contributed by atoms with Crippen LogP contribution in [0, 0.1) is 0 Å². The molecule has 3 aromatic rings. The lowest BCUT2D eigenvalue weighted by Crippen LogP contribution is -2.20. The van der Waals surface area contributed by atoms with E-state index in [1.807, 2.05) is 48.5 Å². The summed E-state index contributed by atoms with van der Waals surface area (Å²) in [6.45, 7) is 1.80. The predicted molar refractivity (Wildman–Crippen MR) is 117 cm³/mol. The highest BCUT2D eigenvalue weighted by Gasteiger charge is 2.07. The van der Waals surface area contributed by atoms with Crippen LogP contribution < -0.4 is 14.8 Å². The van der Waals surface area contributed by atoms with Gasteiger partial charge in [-0.2, -0.15) is 0 Å². The number of benzene rings is 2. The van der Waals surface area contributed by atoms with Gasteiger partial charge in [0.25, 0.3) is 0 Å². The van der Waals surface area contributed by atoms with E-state index in [1.165, 1.54) is 0 Å². The second kappa shape index (κ2) is 9.24. The molecular weight excluding hydrogens is 350 g/mol.